The first-order valence-electron chi connectivity index (χ1n) is 10.8. The lowest BCUT2D eigenvalue weighted by Gasteiger charge is -2.36. The van der Waals surface area contributed by atoms with Crippen molar-refractivity contribution in [2.75, 3.05) is 31.1 Å². The van der Waals surface area contributed by atoms with Gasteiger partial charge >= 0.3 is 0 Å². The number of carbonyl (C=O) groups excluding carboxylic acids is 1. The molecule has 168 valence electrons. The molecule has 0 unspecified atom stereocenters. The molecular formula is C24H23ClN6O2. The topological polar surface area (TPSA) is 75.9 Å². The molecule has 0 radical (unpaired) electrons. The van der Waals surface area contributed by atoms with Crippen LogP contribution >= 0.6 is 11.6 Å². The van der Waals surface area contributed by atoms with Gasteiger partial charge in [-0.1, -0.05) is 41.9 Å². The van der Waals surface area contributed by atoms with Gasteiger partial charge < -0.3 is 14.5 Å². The molecule has 5 rings (SSSR count). The number of aryl methyl sites for hydroxylation is 1. The van der Waals surface area contributed by atoms with Crippen LogP contribution in [0.1, 0.15) is 21.6 Å². The average molecular weight is 463 g/mol. The van der Waals surface area contributed by atoms with E-state index in [1.54, 1.807) is 4.52 Å². The molecule has 2 aromatic carbocycles. The smallest absolute Gasteiger partial charge is 0.257 e. The summed E-state index contributed by atoms with van der Waals surface area (Å²) in [4.78, 5) is 26.0. The summed E-state index contributed by atoms with van der Waals surface area (Å²) in [5, 5.41) is 4.94. The van der Waals surface area contributed by atoms with E-state index in [1.165, 1.54) is 6.33 Å². The first kappa shape index (κ1) is 21.2. The number of para-hydroxylation sites is 1. The summed E-state index contributed by atoms with van der Waals surface area (Å²) < 4.78 is 7.73. The molecule has 1 aliphatic rings. The van der Waals surface area contributed by atoms with Gasteiger partial charge in [0, 0.05) is 48.5 Å². The maximum Gasteiger partial charge on any atom is 0.257 e. The average Bonchev–Trinajstić information content (AvgIpc) is 3.31. The van der Waals surface area contributed by atoms with Crippen molar-refractivity contribution in [1.82, 2.24) is 24.5 Å². The third kappa shape index (κ3) is 4.34. The first-order chi connectivity index (χ1) is 16.1. The number of fused-ring (bicyclic) bond motifs is 1. The fraction of sp³-hybridized carbons (Fsp3) is 0.250. The predicted molar refractivity (Wildman–Crippen MR) is 126 cm³/mol. The summed E-state index contributed by atoms with van der Waals surface area (Å²) in [7, 11) is 0. The van der Waals surface area contributed by atoms with Gasteiger partial charge in [-0.2, -0.15) is 14.6 Å². The van der Waals surface area contributed by atoms with Crippen LogP contribution in [0.5, 0.6) is 5.75 Å². The number of benzene rings is 2. The van der Waals surface area contributed by atoms with Crippen molar-refractivity contribution in [3.63, 3.8) is 0 Å². The Labute approximate surface area is 196 Å². The van der Waals surface area contributed by atoms with Gasteiger partial charge in [0.25, 0.3) is 11.7 Å². The van der Waals surface area contributed by atoms with Gasteiger partial charge in [-0.25, -0.2) is 4.98 Å². The van der Waals surface area contributed by atoms with Gasteiger partial charge in [0.15, 0.2) is 0 Å². The molecule has 1 fully saturated rings. The van der Waals surface area contributed by atoms with Crippen molar-refractivity contribution < 1.29 is 9.53 Å². The summed E-state index contributed by atoms with van der Waals surface area (Å²) >= 11 is 6.24. The van der Waals surface area contributed by atoms with Crippen molar-refractivity contribution in [2.45, 2.75) is 13.5 Å². The second-order valence-corrected chi connectivity index (χ2v) is 8.29. The van der Waals surface area contributed by atoms with Gasteiger partial charge in [0.1, 0.15) is 24.5 Å². The standard InChI is InChI=1S/C24H23ClN6O2/c1-17-14-22(31-24(28-17)26-16-27-31)29-10-12-30(13-11-29)23(32)19-7-3-5-9-21(19)33-15-18-6-2-4-8-20(18)25/h2-9,14,16H,10-13,15H2,1H3. The van der Waals surface area contributed by atoms with E-state index >= 15 is 0 Å². The molecule has 9 heteroatoms. The molecule has 3 heterocycles. The van der Waals surface area contributed by atoms with Crippen molar-refractivity contribution in [3.8, 4) is 5.75 Å². The van der Waals surface area contributed by atoms with Crippen molar-refractivity contribution in [2.24, 2.45) is 0 Å². The number of carbonyl (C=O) groups is 1. The number of rotatable bonds is 5. The number of hydrogen-bond acceptors (Lipinski definition) is 6. The molecule has 2 aromatic heterocycles. The molecule has 0 N–H and O–H groups in total. The third-order valence-corrected chi connectivity index (χ3v) is 6.08. The van der Waals surface area contributed by atoms with Crippen LogP contribution in [-0.4, -0.2) is 56.6 Å². The number of amides is 1. The lowest BCUT2D eigenvalue weighted by molar-refractivity contribution is 0.0741. The Balaban J connectivity index is 1.28. The second kappa shape index (κ2) is 9.07. The molecule has 0 saturated carbocycles. The van der Waals surface area contributed by atoms with Gasteiger partial charge in [-0.3, -0.25) is 4.79 Å². The molecule has 4 aromatic rings. The van der Waals surface area contributed by atoms with Crippen molar-refractivity contribution >= 4 is 29.1 Å². The fourth-order valence-electron chi connectivity index (χ4n) is 3.99. The SMILES string of the molecule is Cc1cc(N2CCN(C(=O)c3ccccc3OCc3ccccc3Cl)CC2)n2ncnc2n1. The number of piperazine rings is 1. The van der Waals surface area contributed by atoms with Gasteiger partial charge in [0.05, 0.1) is 5.56 Å². The minimum atomic E-state index is -0.0405. The van der Waals surface area contributed by atoms with Crippen LogP contribution in [-0.2, 0) is 6.61 Å². The van der Waals surface area contributed by atoms with E-state index in [2.05, 4.69) is 20.0 Å². The number of halogens is 1. The summed E-state index contributed by atoms with van der Waals surface area (Å²) in [6, 6.07) is 16.9. The Kier molecular flexibility index (Phi) is 5.83. The Morgan fingerprint density at radius 1 is 1.06 bits per heavy atom. The highest BCUT2D eigenvalue weighted by Gasteiger charge is 2.26. The number of nitrogens with zero attached hydrogens (tertiary/aromatic N) is 6. The molecule has 1 aliphatic heterocycles. The Morgan fingerprint density at radius 3 is 2.64 bits per heavy atom. The maximum atomic E-state index is 13.3. The molecule has 0 spiro atoms. The van der Waals surface area contributed by atoms with E-state index in [9.17, 15) is 4.79 Å². The van der Waals surface area contributed by atoms with E-state index in [-0.39, 0.29) is 5.91 Å². The van der Waals surface area contributed by atoms with E-state index < -0.39 is 0 Å². The van der Waals surface area contributed by atoms with Crippen LogP contribution in [0, 0.1) is 6.92 Å². The molecule has 1 amide bonds. The zero-order valence-corrected chi connectivity index (χ0v) is 18.9. The number of anilines is 1. The van der Waals surface area contributed by atoms with E-state index in [0.29, 0.717) is 54.9 Å². The Bertz CT molecular complexity index is 1300. The lowest BCUT2D eigenvalue weighted by atomic mass is 10.1. The summed E-state index contributed by atoms with van der Waals surface area (Å²) in [6.07, 6.45) is 1.50. The molecule has 0 bridgehead atoms. The Morgan fingerprint density at radius 2 is 1.82 bits per heavy atom. The minimum absolute atomic E-state index is 0.0405. The lowest BCUT2D eigenvalue weighted by Crippen LogP contribution is -2.49. The number of hydrogen-bond donors (Lipinski definition) is 0. The molecular weight excluding hydrogens is 440 g/mol. The second-order valence-electron chi connectivity index (χ2n) is 7.88. The fourth-order valence-corrected chi connectivity index (χ4v) is 4.18. The van der Waals surface area contributed by atoms with Crippen LogP contribution in [0.15, 0.2) is 60.9 Å². The van der Waals surface area contributed by atoms with E-state index in [1.807, 2.05) is 66.4 Å². The minimum Gasteiger partial charge on any atom is -0.488 e. The highest BCUT2D eigenvalue weighted by Crippen LogP contribution is 2.25. The zero-order chi connectivity index (χ0) is 22.8. The zero-order valence-electron chi connectivity index (χ0n) is 18.2. The maximum absolute atomic E-state index is 13.3. The highest BCUT2D eigenvalue weighted by atomic mass is 35.5. The van der Waals surface area contributed by atoms with E-state index in [4.69, 9.17) is 16.3 Å². The van der Waals surface area contributed by atoms with Crippen LogP contribution in [0.4, 0.5) is 5.82 Å². The molecule has 8 nitrogen and oxygen atoms in total. The van der Waals surface area contributed by atoms with Gasteiger partial charge in [-0.05, 0) is 25.1 Å². The van der Waals surface area contributed by atoms with Crippen molar-refractivity contribution in [3.05, 3.63) is 82.8 Å². The predicted octanol–water partition coefficient (Wildman–Crippen LogP) is 3.63. The monoisotopic (exact) mass is 462 g/mol. The molecule has 0 atom stereocenters. The third-order valence-electron chi connectivity index (χ3n) is 5.71. The largest absolute Gasteiger partial charge is 0.488 e. The summed E-state index contributed by atoms with van der Waals surface area (Å²) in [5.74, 6) is 2.03. The van der Waals surface area contributed by atoms with E-state index in [0.717, 1.165) is 17.1 Å². The van der Waals surface area contributed by atoms with Crippen LogP contribution in [0.25, 0.3) is 5.78 Å². The highest BCUT2D eigenvalue weighted by molar-refractivity contribution is 6.31. The molecule has 0 aliphatic carbocycles. The van der Waals surface area contributed by atoms with Crippen LogP contribution < -0.4 is 9.64 Å². The quantitative estimate of drug-likeness (QED) is 0.451. The van der Waals surface area contributed by atoms with Crippen LogP contribution in [0.2, 0.25) is 5.02 Å². The first-order valence-corrected chi connectivity index (χ1v) is 11.1. The normalized spacial score (nSPS) is 14.0. The molecule has 1 saturated heterocycles. The number of ether oxygens (including phenoxy) is 1. The van der Waals surface area contributed by atoms with Crippen LogP contribution in [0.3, 0.4) is 0 Å². The Hall–Kier alpha value is -3.65. The van der Waals surface area contributed by atoms with Crippen molar-refractivity contribution in [1.29, 1.82) is 0 Å². The van der Waals surface area contributed by atoms with Gasteiger partial charge in [0.2, 0.25) is 0 Å². The summed E-state index contributed by atoms with van der Waals surface area (Å²) in [5.41, 5.74) is 2.31. The summed E-state index contributed by atoms with van der Waals surface area (Å²) in [6.45, 7) is 4.80. The van der Waals surface area contributed by atoms with Gasteiger partial charge in [-0.15, -0.1) is 0 Å². The molecule has 33 heavy (non-hydrogen) atoms. The number of aromatic nitrogens is 4.